The van der Waals surface area contributed by atoms with Crippen LogP contribution in [-0.4, -0.2) is 13.3 Å². The third-order valence-electron chi connectivity index (χ3n) is 1.85. The van der Waals surface area contributed by atoms with Crippen LogP contribution >= 0.6 is 11.6 Å². The molecule has 74 valence electrons. The first-order chi connectivity index (χ1) is 6.83. The van der Waals surface area contributed by atoms with E-state index in [-0.39, 0.29) is 0 Å². The van der Waals surface area contributed by atoms with Crippen LogP contribution in [0.4, 0.5) is 0 Å². The van der Waals surface area contributed by atoms with Crippen LogP contribution in [-0.2, 0) is 0 Å². The van der Waals surface area contributed by atoms with Gasteiger partial charge in [0, 0.05) is 24.7 Å². The van der Waals surface area contributed by atoms with E-state index >= 15 is 0 Å². The van der Waals surface area contributed by atoms with Crippen LogP contribution in [0.25, 0.3) is 0 Å². The molecule has 0 N–H and O–H groups in total. The normalized spacial score (nSPS) is 17.3. The number of hydrogen-bond donors (Lipinski definition) is 0. The number of aliphatic imine (C=N–C) groups is 1. The van der Waals surface area contributed by atoms with Crippen molar-refractivity contribution in [1.29, 1.82) is 0 Å². The Morgan fingerprint density at radius 3 is 3.14 bits per heavy atom. The van der Waals surface area contributed by atoms with E-state index in [1.807, 2.05) is 12.2 Å². The zero-order chi connectivity index (χ0) is 10.2. The van der Waals surface area contributed by atoms with E-state index in [4.69, 9.17) is 11.6 Å². The average Bonchev–Trinajstić information content (AvgIpc) is 2.38. The second-order valence-electron chi connectivity index (χ2n) is 3.00. The first-order valence-electron chi connectivity index (χ1n) is 4.62. The van der Waals surface area contributed by atoms with Crippen molar-refractivity contribution in [3.8, 4) is 0 Å². The van der Waals surface area contributed by atoms with Gasteiger partial charge in [0.15, 0.2) is 0 Å². The predicted octanol–water partition coefficient (Wildman–Crippen LogP) is 3.64. The monoisotopic (exact) mass is 207 g/mol. The van der Waals surface area contributed by atoms with Gasteiger partial charge in [-0.3, -0.25) is 4.99 Å². The Morgan fingerprint density at radius 1 is 1.50 bits per heavy atom. The van der Waals surface area contributed by atoms with Crippen LogP contribution < -0.4 is 0 Å². The summed E-state index contributed by atoms with van der Waals surface area (Å²) >= 11 is 5.90. The molecule has 0 saturated carbocycles. The lowest BCUT2D eigenvalue weighted by Crippen LogP contribution is -1.74. The lowest BCUT2D eigenvalue weighted by atomic mass is 10.1. The minimum Gasteiger partial charge on any atom is -0.297 e. The van der Waals surface area contributed by atoms with Crippen molar-refractivity contribution in [3.05, 3.63) is 47.1 Å². The topological polar surface area (TPSA) is 12.4 Å². The van der Waals surface area contributed by atoms with Gasteiger partial charge in [-0.15, -0.1) is 0 Å². The van der Waals surface area contributed by atoms with Crippen molar-refractivity contribution in [2.45, 2.75) is 12.8 Å². The van der Waals surface area contributed by atoms with E-state index in [1.54, 1.807) is 13.3 Å². The van der Waals surface area contributed by atoms with Crippen molar-refractivity contribution in [1.82, 2.24) is 0 Å². The van der Waals surface area contributed by atoms with E-state index in [1.165, 1.54) is 5.57 Å². The molecular formula is C12H14ClN. The Kier molecular flexibility index (Phi) is 5.02. The molecule has 0 saturated heterocycles. The molecule has 0 bridgehead atoms. The van der Waals surface area contributed by atoms with E-state index in [2.05, 4.69) is 29.3 Å². The highest BCUT2D eigenvalue weighted by molar-refractivity contribution is 6.29. The Hall–Kier alpha value is -1.08. The number of halogens is 1. The van der Waals surface area contributed by atoms with Gasteiger partial charge in [0.2, 0.25) is 0 Å². The molecule has 0 aromatic carbocycles. The van der Waals surface area contributed by atoms with Gasteiger partial charge >= 0.3 is 0 Å². The zero-order valence-electron chi connectivity index (χ0n) is 8.28. The van der Waals surface area contributed by atoms with E-state index in [0.717, 1.165) is 17.9 Å². The maximum Gasteiger partial charge on any atom is 0.0277 e. The summed E-state index contributed by atoms with van der Waals surface area (Å²) in [6.45, 7) is 0. The molecule has 1 aliphatic carbocycles. The SMILES string of the molecule is CN=C/C=C\CC1=CC=C(Cl)CC=C1. The minimum atomic E-state index is 0.835. The second-order valence-corrected chi connectivity index (χ2v) is 3.49. The molecule has 0 aliphatic heterocycles. The highest BCUT2D eigenvalue weighted by atomic mass is 35.5. The minimum absolute atomic E-state index is 0.835. The van der Waals surface area contributed by atoms with Crippen LogP contribution in [0, 0.1) is 0 Å². The number of rotatable bonds is 3. The highest BCUT2D eigenvalue weighted by Crippen LogP contribution is 2.16. The summed E-state index contributed by atoms with van der Waals surface area (Å²) in [5, 5.41) is 0.885. The van der Waals surface area contributed by atoms with E-state index < -0.39 is 0 Å². The molecule has 0 atom stereocenters. The summed E-state index contributed by atoms with van der Waals surface area (Å²) in [5.74, 6) is 0. The molecule has 0 heterocycles. The van der Waals surface area contributed by atoms with Gasteiger partial charge in [-0.2, -0.15) is 0 Å². The third kappa shape index (κ3) is 4.24. The van der Waals surface area contributed by atoms with Crippen LogP contribution in [0.2, 0.25) is 0 Å². The molecule has 2 heteroatoms. The fourth-order valence-electron chi connectivity index (χ4n) is 1.13. The summed E-state index contributed by atoms with van der Waals surface area (Å²) in [6.07, 6.45) is 15.8. The lowest BCUT2D eigenvalue weighted by molar-refractivity contribution is 1.28. The highest BCUT2D eigenvalue weighted by Gasteiger charge is 1.94. The van der Waals surface area contributed by atoms with Gasteiger partial charge in [0.05, 0.1) is 0 Å². The van der Waals surface area contributed by atoms with Crippen molar-refractivity contribution in [2.75, 3.05) is 7.05 Å². The standard InChI is InChI=1S/C12H14ClN/c1-14-10-3-2-5-11-6-4-7-12(13)9-8-11/h2-4,6,8-10H,5,7H2,1H3/b3-2-,14-10?. The number of hydrogen-bond acceptors (Lipinski definition) is 1. The first-order valence-corrected chi connectivity index (χ1v) is 5.00. The van der Waals surface area contributed by atoms with Gasteiger partial charge < -0.3 is 0 Å². The molecule has 1 aliphatic rings. The van der Waals surface area contributed by atoms with E-state index in [9.17, 15) is 0 Å². The molecule has 0 amide bonds. The Bertz CT molecular complexity index is 319. The maximum atomic E-state index is 5.90. The quantitative estimate of drug-likeness (QED) is 0.627. The summed E-state index contributed by atoms with van der Waals surface area (Å²) in [6, 6.07) is 0. The van der Waals surface area contributed by atoms with Gasteiger partial charge in [0.25, 0.3) is 0 Å². The van der Waals surface area contributed by atoms with Crippen LogP contribution in [0.1, 0.15) is 12.8 Å². The van der Waals surface area contributed by atoms with Crippen molar-refractivity contribution in [3.63, 3.8) is 0 Å². The molecule has 0 radical (unpaired) electrons. The van der Waals surface area contributed by atoms with Crippen LogP contribution in [0.15, 0.2) is 52.1 Å². The molecule has 14 heavy (non-hydrogen) atoms. The third-order valence-corrected chi connectivity index (χ3v) is 2.13. The fraction of sp³-hybridized carbons (Fsp3) is 0.250. The molecule has 0 aromatic heterocycles. The lowest BCUT2D eigenvalue weighted by Gasteiger charge is -1.92. The molecule has 0 fully saturated rings. The molecule has 0 spiro atoms. The first kappa shape index (κ1) is 11.0. The molecule has 1 rings (SSSR count). The van der Waals surface area contributed by atoms with Gasteiger partial charge in [-0.25, -0.2) is 0 Å². The maximum absolute atomic E-state index is 5.90. The van der Waals surface area contributed by atoms with Crippen LogP contribution in [0.3, 0.4) is 0 Å². The Morgan fingerprint density at radius 2 is 2.36 bits per heavy atom. The molecular weight excluding hydrogens is 194 g/mol. The van der Waals surface area contributed by atoms with Gasteiger partial charge in [-0.05, 0) is 24.1 Å². The van der Waals surface area contributed by atoms with Crippen molar-refractivity contribution >= 4 is 17.8 Å². The fourth-order valence-corrected chi connectivity index (χ4v) is 1.28. The van der Waals surface area contributed by atoms with E-state index in [0.29, 0.717) is 0 Å². The summed E-state index contributed by atoms with van der Waals surface area (Å²) in [4.78, 5) is 3.87. The molecule has 1 nitrogen and oxygen atoms in total. The smallest absolute Gasteiger partial charge is 0.0277 e. The number of nitrogens with zero attached hydrogens (tertiary/aromatic N) is 1. The van der Waals surface area contributed by atoms with Crippen molar-refractivity contribution in [2.24, 2.45) is 4.99 Å². The summed E-state index contributed by atoms with van der Waals surface area (Å²) in [5.41, 5.74) is 1.27. The van der Waals surface area contributed by atoms with Crippen molar-refractivity contribution < 1.29 is 0 Å². The van der Waals surface area contributed by atoms with Gasteiger partial charge in [0.1, 0.15) is 0 Å². The summed E-state index contributed by atoms with van der Waals surface area (Å²) in [7, 11) is 1.76. The molecule has 0 aromatic rings. The van der Waals surface area contributed by atoms with Gasteiger partial charge in [-0.1, -0.05) is 35.9 Å². The Balaban J connectivity index is 2.52. The van der Waals surface area contributed by atoms with Crippen LogP contribution in [0.5, 0.6) is 0 Å². The average molecular weight is 208 g/mol. The predicted molar refractivity (Wildman–Crippen MR) is 63.9 cm³/mol. The number of allylic oxidation sites excluding steroid dienone is 8. The second kappa shape index (κ2) is 6.39. The Labute approximate surface area is 90.2 Å². The summed E-state index contributed by atoms with van der Waals surface area (Å²) < 4.78 is 0. The largest absolute Gasteiger partial charge is 0.297 e. The zero-order valence-corrected chi connectivity index (χ0v) is 9.04. The molecule has 0 unspecified atom stereocenters.